The number of H-pyrrole nitrogens is 1. The van der Waals surface area contributed by atoms with Crippen LogP contribution >= 0.6 is 0 Å². The second kappa shape index (κ2) is 19.8. The number of ether oxygens (including phenoxy) is 1. The molecule has 1 aromatic carbocycles. The first-order valence-electron chi connectivity index (χ1n) is 19.4. The molecule has 0 spiro atoms. The Hall–Kier alpha value is -3.93. The number of aliphatic hydroxyl groups excluding tert-OH is 1. The molecule has 2 fully saturated rings. The van der Waals surface area contributed by atoms with Gasteiger partial charge in [0.05, 0.1) is 24.2 Å². The van der Waals surface area contributed by atoms with Gasteiger partial charge in [0.1, 0.15) is 17.7 Å². The largest absolute Gasteiger partial charge is 0.443 e. The van der Waals surface area contributed by atoms with E-state index in [1.165, 1.54) is 24.1 Å². The summed E-state index contributed by atoms with van der Waals surface area (Å²) in [5.74, 6) is -0.693. The van der Waals surface area contributed by atoms with E-state index in [-0.39, 0.29) is 24.7 Å². The van der Waals surface area contributed by atoms with Crippen LogP contribution in [0.2, 0.25) is 0 Å². The van der Waals surface area contributed by atoms with Crippen molar-refractivity contribution in [2.24, 2.45) is 17.8 Å². The molecule has 2 saturated carbocycles. The first-order valence-corrected chi connectivity index (χ1v) is 19.4. The zero-order valence-corrected chi connectivity index (χ0v) is 31.9. The quantitative estimate of drug-likeness (QED) is 0.146. The average molecular weight is 723 g/mol. The Bertz CT molecular complexity index is 1400. The number of carbonyl (C=O) groups excluding carboxylic acids is 4. The van der Waals surface area contributed by atoms with E-state index in [4.69, 9.17) is 4.74 Å². The molecule has 4 rings (SSSR count). The third kappa shape index (κ3) is 12.6. The van der Waals surface area contributed by atoms with Gasteiger partial charge in [0, 0.05) is 31.3 Å². The monoisotopic (exact) mass is 722 g/mol. The standard InChI is InChI=1S/C40H62N6O6/c1-27(46(32-19-13-8-14-20-32)39(51)52-40(2,3)4)36(48)45-34(24-31-25-42-26-43-31)38(50)44-33(22-29-17-11-7-12-18-29)35(47)23-30(37(49)41-5)21-28-15-9-6-10-16-28/h8,13-14,19-20,25-30,33-35,47H,6-7,9-12,15-18,21-24H2,1-5H3,(H,41,49)(H,42,43)(H,44,50)(H,45,48)/t27?,30-,33+,34?,35+/m1/s1. The summed E-state index contributed by atoms with van der Waals surface area (Å²) in [5.41, 5.74) is 0.239. The highest BCUT2D eigenvalue weighted by Crippen LogP contribution is 2.33. The van der Waals surface area contributed by atoms with E-state index in [9.17, 15) is 24.3 Å². The van der Waals surface area contributed by atoms with Gasteiger partial charge in [0.2, 0.25) is 17.7 Å². The molecular weight excluding hydrogens is 660 g/mol. The molecule has 2 aliphatic carbocycles. The molecule has 5 atom stereocenters. The van der Waals surface area contributed by atoms with Crippen molar-refractivity contribution in [3.8, 4) is 0 Å². The first-order chi connectivity index (χ1) is 24.8. The first kappa shape index (κ1) is 40.8. The van der Waals surface area contributed by atoms with Gasteiger partial charge < -0.3 is 30.8 Å². The molecular formula is C40H62N6O6. The number of carbonyl (C=O) groups is 4. The molecule has 0 saturated heterocycles. The van der Waals surface area contributed by atoms with Crippen molar-refractivity contribution in [1.82, 2.24) is 25.9 Å². The summed E-state index contributed by atoms with van der Waals surface area (Å²) in [5, 5.41) is 20.7. The zero-order valence-electron chi connectivity index (χ0n) is 31.9. The molecule has 4 amide bonds. The summed E-state index contributed by atoms with van der Waals surface area (Å²) in [7, 11) is 1.63. The fraction of sp³-hybridized carbons (Fsp3) is 0.675. The lowest BCUT2D eigenvalue weighted by Gasteiger charge is -2.34. The molecule has 12 nitrogen and oxygen atoms in total. The molecule has 2 aliphatic rings. The number of amides is 4. The normalized spacial score (nSPS) is 18.7. The van der Waals surface area contributed by atoms with Crippen molar-refractivity contribution >= 4 is 29.5 Å². The third-order valence-electron chi connectivity index (χ3n) is 10.6. The maximum absolute atomic E-state index is 14.3. The molecule has 1 heterocycles. The Morgan fingerprint density at radius 3 is 2.08 bits per heavy atom. The van der Waals surface area contributed by atoms with Gasteiger partial charge in [0.15, 0.2) is 0 Å². The summed E-state index contributed by atoms with van der Waals surface area (Å²) >= 11 is 0. The highest BCUT2D eigenvalue weighted by molar-refractivity contribution is 5.99. The fourth-order valence-corrected chi connectivity index (χ4v) is 7.79. The Balaban J connectivity index is 1.56. The highest BCUT2D eigenvalue weighted by atomic mass is 16.6. The second-order valence-corrected chi connectivity index (χ2v) is 15.9. The summed E-state index contributed by atoms with van der Waals surface area (Å²) in [4.78, 5) is 63.3. The molecule has 12 heteroatoms. The van der Waals surface area contributed by atoms with Crippen LogP contribution in [0.4, 0.5) is 10.5 Å². The van der Waals surface area contributed by atoms with Crippen molar-refractivity contribution in [3.05, 3.63) is 48.5 Å². The fourth-order valence-electron chi connectivity index (χ4n) is 7.79. The predicted molar refractivity (Wildman–Crippen MR) is 201 cm³/mol. The topological polar surface area (TPSA) is 166 Å². The van der Waals surface area contributed by atoms with E-state index >= 15 is 0 Å². The van der Waals surface area contributed by atoms with Gasteiger partial charge in [0.25, 0.3) is 0 Å². The van der Waals surface area contributed by atoms with Crippen LogP contribution in [-0.4, -0.2) is 75.8 Å². The highest BCUT2D eigenvalue weighted by Gasteiger charge is 2.36. The summed E-state index contributed by atoms with van der Waals surface area (Å²) in [6, 6.07) is 6.08. The van der Waals surface area contributed by atoms with Crippen LogP contribution in [0.25, 0.3) is 0 Å². The Labute approximate surface area is 309 Å². The van der Waals surface area contributed by atoms with Crippen LogP contribution in [0.3, 0.4) is 0 Å². The molecule has 52 heavy (non-hydrogen) atoms. The number of rotatable bonds is 16. The lowest BCUT2D eigenvalue weighted by Crippen LogP contribution is -2.57. The van der Waals surface area contributed by atoms with Crippen molar-refractivity contribution in [2.45, 2.75) is 147 Å². The summed E-state index contributed by atoms with van der Waals surface area (Å²) < 4.78 is 5.68. The second-order valence-electron chi connectivity index (χ2n) is 15.9. The third-order valence-corrected chi connectivity index (χ3v) is 10.6. The number of hydrogen-bond donors (Lipinski definition) is 5. The average Bonchev–Trinajstić information content (AvgIpc) is 3.64. The molecule has 0 bridgehead atoms. The summed E-state index contributed by atoms with van der Waals surface area (Å²) in [6.45, 7) is 6.87. The van der Waals surface area contributed by atoms with E-state index in [1.807, 2.05) is 6.07 Å². The van der Waals surface area contributed by atoms with Gasteiger partial charge in [-0.1, -0.05) is 82.4 Å². The maximum Gasteiger partial charge on any atom is 0.415 e. The number of aromatic nitrogens is 2. The van der Waals surface area contributed by atoms with Gasteiger partial charge in [-0.3, -0.25) is 19.3 Å². The number of aliphatic hydroxyl groups is 1. The molecule has 0 radical (unpaired) electrons. The van der Waals surface area contributed by atoms with Crippen LogP contribution in [0, 0.1) is 17.8 Å². The molecule has 1 aromatic heterocycles. The van der Waals surface area contributed by atoms with Crippen LogP contribution in [0.1, 0.15) is 117 Å². The van der Waals surface area contributed by atoms with Crippen molar-refractivity contribution in [1.29, 1.82) is 0 Å². The molecule has 5 N–H and O–H groups in total. The van der Waals surface area contributed by atoms with Crippen LogP contribution in [0.5, 0.6) is 0 Å². The number of para-hydroxylation sites is 1. The Morgan fingerprint density at radius 2 is 1.52 bits per heavy atom. The zero-order chi connectivity index (χ0) is 37.7. The van der Waals surface area contributed by atoms with Crippen molar-refractivity contribution < 1.29 is 29.0 Å². The van der Waals surface area contributed by atoms with E-state index in [0.717, 1.165) is 51.4 Å². The van der Waals surface area contributed by atoms with Gasteiger partial charge in [-0.05, 0) is 70.9 Å². The van der Waals surface area contributed by atoms with Crippen molar-refractivity contribution in [2.75, 3.05) is 11.9 Å². The minimum Gasteiger partial charge on any atom is -0.443 e. The van der Waals surface area contributed by atoms with Gasteiger partial charge in [-0.15, -0.1) is 0 Å². The minimum atomic E-state index is -1.06. The molecule has 2 unspecified atom stereocenters. The van der Waals surface area contributed by atoms with Crippen molar-refractivity contribution in [3.63, 3.8) is 0 Å². The van der Waals surface area contributed by atoms with Crippen LogP contribution < -0.4 is 20.9 Å². The lowest BCUT2D eigenvalue weighted by molar-refractivity contribution is -0.131. The number of hydrogen-bond acceptors (Lipinski definition) is 7. The van der Waals surface area contributed by atoms with Crippen LogP contribution in [0.15, 0.2) is 42.9 Å². The van der Waals surface area contributed by atoms with Gasteiger partial charge >= 0.3 is 6.09 Å². The number of aromatic amines is 1. The Morgan fingerprint density at radius 1 is 0.904 bits per heavy atom. The Kier molecular flexibility index (Phi) is 15.5. The van der Waals surface area contributed by atoms with Crippen LogP contribution in [-0.2, 0) is 25.5 Å². The number of imidazole rings is 1. The molecule has 2 aromatic rings. The minimum absolute atomic E-state index is 0.0837. The molecule has 288 valence electrons. The van der Waals surface area contributed by atoms with Gasteiger partial charge in [-0.2, -0.15) is 0 Å². The predicted octanol–water partition coefficient (Wildman–Crippen LogP) is 5.81. The van der Waals surface area contributed by atoms with Gasteiger partial charge in [-0.25, -0.2) is 9.78 Å². The SMILES string of the molecule is CNC(=O)[C@H](CC1CCCCC1)C[C@H](O)[C@H](CC1CCCCC1)NC(=O)C(Cc1c[nH]cn1)NC(=O)C(C)N(C(=O)OC(C)(C)C)c1ccccc1. The van der Waals surface area contributed by atoms with E-state index in [2.05, 4.69) is 25.9 Å². The smallest absolute Gasteiger partial charge is 0.415 e. The number of anilines is 1. The number of nitrogens with zero attached hydrogens (tertiary/aromatic N) is 2. The molecule has 0 aliphatic heterocycles. The van der Waals surface area contributed by atoms with E-state index < -0.39 is 47.7 Å². The van der Waals surface area contributed by atoms with E-state index in [0.29, 0.717) is 36.1 Å². The summed E-state index contributed by atoms with van der Waals surface area (Å²) in [6.07, 6.45) is 14.3. The lowest BCUT2D eigenvalue weighted by atomic mass is 9.79. The number of benzene rings is 1. The maximum atomic E-state index is 14.3. The van der Waals surface area contributed by atoms with E-state index in [1.54, 1.807) is 65.2 Å². The number of nitrogens with one attached hydrogen (secondary N) is 4.